The molecule has 3 N–H and O–H groups in total. The summed E-state index contributed by atoms with van der Waals surface area (Å²) in [5, 5.41) is 8.07. The lowest BCUT2D eigenvalue weighted by atomic mass is 10.1. The SMILES string of the molecule is CS(=O)(=O)c1ccc2nc(NC(=O)C[C@H]3NC(=O)c4ccccc4NC3=O)sc2c1. The molecule has 2 aromatic carbocycles. The van der Waals surface area contributed by atoms with Crippen LogP contribution in [0.25, 0.3) is 10.2 Å². The summed E-state index contributed by atoms with van der Waals surface area (Å²) in [5.41, 5.74) is 1.25. The van der Waals surface area contributed by atoms with Crippen LogP contribution in [-0.4, -0.2) is 43.4 Å². The first-order chi connectivity index (χ1) is 14.2. The molecule has 1 aliphatic rings. The Hall–Kier alpha value is -3.31. The Morgan fingerprint density at radius 3 is 2.73 bits per heavy atom. The number of benzene rings is 2. The van der Waals surface area contributed by atoms with E-state index in [1.54, 1.807) is 30.3 Å². The van der Waals surface area contributed by atoms with Gasteiger partial charge in [-0.15, -0.1) is 0 Å². The van der Waals surface area contributed by atoms with Crippen LogP contribution in [0.4, 0.5) is 10.8 Å². The van der Waals surface area contributed by atoms with Gasteiger partial charge >= 0.3 is 0 Å². The fraction of sp³-hybridized carbons (Fsp3) is 0.158. The quantitative estimate of drug-likeness (QED) is 0.562. The van der Waals surface area contributed by atoms with Crippen molar-refractivity contribution in [1.29, 1.82) is 0 Å². The van der Waals surface area contributed by atoms with E-state index in [1.807, 2.05) is 0 Å². The van der Waals surface area contributed by atoms with Crippen molar-refractivity contribution in [1.82, 2.24) is 10.3 Å². The molecule has 0 fully saturated rings. The van der Waals surface area contributed by atoms with Gasteiger partial charge in [-0.2, -0.15) is 0 Å². The van der Waals surface area contributed by atoms with Crippen LogP contribution in [0, 0.1) is 0 Å². The van der Waals surface area contributed by atoms with Crippen molar-refractivity contribution in [2.75, 3.05) is 16.9 Å². The highest BCUT2D eigenvalue weighted by molar-refractivity contribution is 7.90. The van der Waals surface area contributed by atoms with Crippen LogP contribution in [0.5, 0.6) is 0 Å². The van der Waals surface area contributed by atoms with Crippen LogP contribution in [0.1, 0.15) is 16.8 Å². The summed E-state index contributed by atoms with van der Waals surface area (Å²) < 4.78 is 24.0. The molecule has 0 aliphatic carbocycles. The average molecular weight is 444 g/mol. The molecular formula is C19H16N4O5S2. The van der Waals surface area contributed by atoms with Gasteiger partial charge in [0.2, 0.25) is 11.8 Å². The number of nitrogens with zero attached hydrogens (tertiary/aromatic N) is 1. The first kappa shape index (κ1) is 20.0. The Morgan fingerprint density at radius 1 is 1.20 bits per heavy atom. The number of anilines is 2. The fourth-order valence-electron chi connectivity index (χ4n) is 3.00. The number of para-hydroxylation sites is 1. The van der Waals surface area contributed by atoms with E-state index < -0.39 is 33.6 Å². The molecule has 3 amide bonds. The maximum absolute atomic E-state index is 12.4. The summed E-state index contributed by atoms with van der Waals surface area (Å²) in [5.74, 6) is -1.45. The molecule has 30 heavy (non-hydrogen) atoms. The molecule has 1 atom stereocenters. The van der Waals surface area contributed by atoms with Gasteiger partial charge in [-0.1, -0.05) is 23.5 Å². The Kier molecular flexibility index (Phi) is 5.00. The number of thiazole rings is 1. The van der Waals surface area contributed by atoms with E-state index in [0.717, 1.165) is 17.6 Å². The maximum Gasteiger partial charge on any atom is 0.254 e. The summed E-state index contributed by atoms with van der Waals surface area (Å²) in [4.78, 5) is 41.6. The minimum absolute atomic E-state index is 0.161. The first-order valence-corrected chi connectivity index (χ1v) is 11.5. The van der Waals surface area contributed by atoms with E-state index in [-0.39, 0.29) is 16.4 Å². The van der Waals surface area contributed by atoms with Crippen molar-refractivity contribution in [2.24, 2.45) is 0 Å². The van der Waals surface area contributed by atoms with Crippen LogP contribution in [0.2, 0.25) is 0 Å². The van der Waals surface area contributed by atoms with Crippen molar-refractivity contribution < 1.29 is 22.8 Å². The fourth-order valence-corrected chi connectivity index (χ4v) is 4.64. The predicted molar refractivity (Wildman–Crippen MR) is 112 cm³/mol. The Labute approximate surface area is 175 Å². The number of fused-ring (bicyclic) bond motifs is 2. The predicted octanol–water partition coefficient (Wildman–Crippen LogP) is 1.78. The molecule has 11 heteroatoms. The molecule has 1 aliphatic heterocycles. The highest BCUT2D eigenvalue weighted by Gasteiger charge is 2.29. The molecule has 154 valence electrons. The maximum atomic E-state index is 12.4. The number of amides is 3. The Bertz CT molecular complexity index is 1300. The van der Waals surface area contributed by atoms with Crippen LogP contribution in [0.3, 0.4) is 0 Å². The number of sulfone groups is 1. The van der Waals surface area contributed by atoms with E-state index in [1.165, 1.54) is 12.1 Å². The second kappa shape index (κ2) is 7.50. The van der Waals surface area contributed by atoms with Crippen molar-refractivity contribution in [3.63, 3.8) is 0 Å². The third kappa shape index (κ3) is 4.02. The topological polar surface area (TPSA) is 134 Å². The zero-order valence-electron chi connectivity index (χ0n) is 15.6. The zero-order valence-corrected chi connectivity index (χ0v) is 17.3. The first-order valence-electron chi connectivity index (χ1n) is 8.82. The van der Waals surface area contributed by atoms with Gasteiger partial charge in [-0.25, -0.2) is 13.4 Å². The number of carbonyl (C=O) groups excluding carboxylic acids is 3. The normalized spacial score (nSPS) is 16.4. The summed E-state index contributed by atoms with van der Waals surface area (Å²) in [7, 11) is -3.36. The molecule has 0 saturated carbocycles. The van der Waals surface area contributed by atoms with E-state index in [9.17, 15) is 22.8 Å². The van der Waals surface area contributed by atoms with Crippen LogP contribution >= 0.6 is 11.3 Å². The highest BCUT2D eigenvalue weighted by atomic mass is 32.2. The largest absolute Gasteiger partial charge is 0.340 e. The third-order valence-corrected chi connectivity index (χ3v) is 6.52. The summed E-state index contributed by atoms with van der Waals surface area (Å²) >= 11 is 1.12. The molecule has 1 aromatic heterocycles. The Balaban J connectivity index is 1.48. The molecule has 2 heterocycles. The number of aromatic nitrogens is 1. The molecule has 0 spiro atoms. The molecular weight excluding hydrogens is 428 g/mol. The Morgan fingerprint density at radius 2 is 1.97 bits per heavy atom. The monoisotopic (exact) mass is 444 g/mol. The second-order valence-corrected chi connectivity index (χ2v) is 9.78. The van der Waals surface area contributed by atoms with Gasteiger partial charge in [0.25, 0.3) is 5.91 Å². The van der Waals surface area contributed by atoms with E-state index in [0.29, 0.717) is 21.5 Å². The van der Waals surface area contributed by atoms with E-state index >= 15 is 0 Å². The van der Waals surface area contributed by atoms with E-state index in [2.05, 4.69) is 20.9 Å². The van der Waals surface area contributed by atoms with Crippen molar-refractivity contribution in [2.45, 2.75) is 17.4 Å². The van der Waals surface area contributed by atoms with Gasteiger partial charge in [-0.05, 0) is 30.3 Å². The lowest BCUT2D eigenvalue weighted by molar-refractivity contribution is -0.122. The lowest BCUT2D eigenvalue weighted by Gasteiger charge is -2.13. The van der Waals surface area contributed by atoms with Crippen LogP contribution in [0.15, 0.2) is 47.4 Å². The van der Waals surface area contributed by atoms with Gasteiger partial charge in [0.1, 0.15) is 6.04 Å². The number of rotatable bonds is 4. The van der Waals surface area contributed by atoms with Crippen molar-refractivity contribution >= 4 is 59.9 Å². The molecule has 4 rings (SSSR count). The second-order valence-electron chi connectivity index (χ2n) is 6.73. The van der Waals surface area contributed by atoms with Gasteiger partial charge in [0, 0.05) is 6.26 Å². The molecule has 9 nitrogen and oxygen atoms in total. The molecule has 0 unspecified atom stereocenters. The summed E-state index contributed by atoms with van der Waals surface area (Å²) in [6.07, 6.45) is 0.832. The van der Waals surface area contributed by atoms with Crippen molar-refractivity contribution in [3.05, 3.63) is 48.0 Å². The summed E-state index contributed by atoms with van der Waals surface area (Å²) in [6.45, 7) is 0. The molecule has 0 saturated heterocycles. The van der Waals surface area contributed by atoms with Gasteiger partial charge in [-0.3, -0.25) is 14.4 Å². The van der Waals surface area contributed by atoms with Crippen molar-refractivity contribution in [3.8, 4) is 0 Å². The lowest BCUT2D eigenvalue weighted by Crippen LogP contribution is -2.43. The number of hydrogen-bond donors (Lipinski definition) is 3. The molecule has 3 aromatic rings. The smallest absolute Gasteiger partial charge is 0.254 e. The molecule has 0 radical (unpaired) electrons. The van der Waals surface area contributed by atoms with Gasteiger partial charge in [0.05, 0.1) is 32.8 Å². The minimum atomic E-state index is -3.36. The number of carbonyl (C=O) groups is 3. The number of hydrogen-bond acceptors (Lipinski definition) is 7. The third-order valence-electron chi connectivity index (χ3n) is 4.48. The standard InChI is InChI=1S/C19H16N4O5S2/c1-30(27,28)10-6-7-13-15(8-10)29-19(22-13)23-16(24)9-14-18(26)20-12-5-3-2-4-11(12)17(25)21-14/h2-8,14H,9H2,1H3,(H,20,26)(H,21,25)(H,22,23,24)/t14-/m1/s1. The average Bonchev–Trinajstić information content (AvgIpc) is 3.03. The zero-order chi connectivity index (χ0) is 21.5. The summed E-state index contributed by atoms with van der Waals surface area (Å²) in [6, 6.07) is 10.0. The molecule has 0 bridgehead atoms. The minimum Gasteiger partial charge on any atom is -0.340 e. The highest BCUT2D eigenvalue weighted by Crippen LogP contribution is 2.28. The van der Waals surface area contributed by atoms with E-state index in [4.69, 9.17) is 0 Å². The van der Waals surface area contributed by atoms with Gasteiger partial charge in [0.15, 0.2) is 15.0 Å². The number of nitrogens with one attached hydrogen (secondary N) is 3. The van der Waals surface area contributed by atoms with Crippen LogP contribution in [-0.2, 0) is 19.4 Å². The van der Waals surface area contributed by atoms with Gasteiger partial charge < -0.3 is 16.0 Å². The van der Waals surface area contributed by atoms with Crippen LogP contribution < -0.4 is 16.0 Å².